The van der Waals surface area contributed by atoms with Gasteiger partial charge in [-0.2, -0.15) is 5.26 Å². The van der Waals surface area contributed by atoms with Crippen LogP contribution in [-0.2, 0) is 19.1 Å². The first-order valence-electron chi connectivity index (χ1n) is 22.7. The molecule has 362 valence electrons. The molecule has 70 heavy (non-hydrogen) atoms. The van der Waals surface area contributed by atoms with E-state index in [4.69, 9.17) is 37.9 Å². The van der Waals surface area contributed by atoms with Gasteiger partial charge in [0.25, 0.3) is 0 Å². The number of benzene rings is 5. The lowest BCUT2D eigenvalue weighted by atomic mass is 10.1. The Bertz CT molecular complexity index is 2600. The smallest absolute Gasteiger partial charge is 0.343 e. The molecule has 15 heteroatoms. The van der Waals surface area contributed by atoms with Crippen molar-refractivity contribution in [3.8, 4) is 40.6 Å². The van der Waals surface area contributed by atoms with Crippen molar-refractivity contribution in [1.82, 2.24) is 0 Å². The number of unbranched alkanes of at least 4 members (excludes halogenated alkanes) is 8. The van der Waals surface area contributed by atoms with Crippen LogP contribution in [0, 0.1) is 11.3 Å². The Hall–Kier alpha value is -8.51. The molecular formula is C55H53NO14. The summed E-state index contributed by atoms with van der Waals surface area (Å²) in [7, 11) is 0. The second-order valence-corrected chi connectivity index (χ2v) is 15.4. The second-order valence-electron chi connectivity index (χ2n) is 15.4. The molecule has 0 spiro atoms. The molecule has 0 radical (unpaired) electrons. The third-order valence-electron chi connectivity index (χ3n) is 10.2. The summed E-state index contributed by atoms with van der Waals surface area (Å²) in [5.41, 5.74) is 0.880. The van der Waals surface area contributed by atoms with E-state index in [2.05, 4.69) is 13.2 Å². The molecule has 0 saturated carbocycles. The third-order valence-corrected chi connectivity index (χ3v) is 10.2. The number of hydrogen-bond acceptors (Lipinski definition) is 15. The van der Waals surface area contributed by atoms with E-state index in [1.54, 1.807) is 48.5 Å². The normalized spacial score (nSPS) is 10.4. The summed E-state index contributed by atoms with van der Waals surface area (Å²) in [5, 5.41) is 9.51. The molecule has 0 aliphatic heterocycles. The Kier molecular flexibility index (Phi) is 21.4. The predicted octanol–water partition coefficient (Wildman–Crippen LogP) is 10.6. The van der Waals surface area contributed by atoms with Gasteiger partial charge in [-0.05, 0) is 135 Å². The monoisotopic (exact) mass is 951 g/mol. The summed E-state index contributed by atoms with van der Waals surface area (Å²) in [6, 6.07) is 30.2. The van der Waals surface area contributed by atoms with E-state index < -0.39 is 35.8 Å². The van der Waals surface area contributed by atoms with Crippen LogP contribution in [0.5, 0.6) is 34.5 Å². The van der Waals surface area contributed by atoms with Crippen LogP contribution < -0.4 is 28.4 Å². The maximum absolute atomic E-state index is 13.2. The molecule has 0 aromatic heterocycles. The molecule has 5 aromatic rings. The number of nitrogens with zero attached hydrogens (tertiary/aromatic N) is 1. The van der Waals surface area contributed by atoms with Gasteiger partial charge in [-0.1, -0.05) is 51.7 Å². The Morgan fingerprint density at radius 2 is 0.729 bits per heavy atom. The molecule has 0 fully saturated rings. The molecule has 5 rings (SSSR count). The van der Waals surface area contributed by atoms with Crippen LogP contribution in [0.4, 0.5) is 0 Å². The van der Waals surface area contributed by atoms with E-state index in [-0.39, 0.29) is 45.3 Å². The lowest BCUT2D eigenvalue weighted by Gasteiger charge is -2.12. The van der Waals surface area contributed by atoms with Crippen LogP contribution in [0.3, 0.4) is 0 Å². The van der Waals surface area contributed by atoms with Gasteiger partial charge in [0, 0.05) is 18.2 Å². The Labute approximate surface area is 406 Å². The first-order chi connectivity index (χ1) is 34.0. The fraction of sp³-hybridized carbons (Fsp3) is 0.255. The average molecular weight is 952 g/mol. The van der Waals surface area contributed by atoms with Crippen LogP contribution in [0.15, 0.2) is 141 Å². The van der Waals surface area contributed by atoms with E-state index in [1.165, 1.54) is 66.7 Å². The van der Waals surface area contributed by atoms with E-state index >= 15 is 0 Å². The lowest BCUT2D eigenvalue weighted by molar-refractivity contribution is -0.138. The predicted molar refractivity (Wildman–Crippen MR) is 256 cm³/mol. The van der Waals surface area contributed by atoms with Crippen LogP contribution in [0.1, 0.15) is 111 Å². The number of rotatable bonds is 28. The minimum Gasteiger partial charge on any atom is -0.494 e. The van der Waals surface area contributed by atoms with E-state index in [9.17, 15) is 34.0 Å². The van der Waals surface area contributed by atoms with E-state index in [0.29, 0.717) is 43.5 Å². The minimum atomic E-state index is -0.842. The topological polar surface area (TPSA) is 200 Å². The largest absolute Gasteiger partial charge is 0.494 e. The lowest BCUT2D eigenvalue weighted by Crippen LogP contribution is -2.13. The van der Waals surface area contributed by atoms with E-state index in [0.717, 1.165) is 76.4 Å². The van der Waals surface area contributed by atoms with Crippen LogP contribution in [-0.4, -0.2) is 62.2 Å². The van der Waals surface area contributed by atoms with Gasteiger partial charge in [-0.25, -0.2) is 28.8 Å². The standard InChI is InChI=1S/C55H53NO14/c1-3-50(57)65-35-13-9-5-7-11-33-63-44-24-16-40(17-25-44)52(59)67-46-28-20-42(21-29-46)54(61)69-48-32-15-39(38-56)37-49(48)70-55(62)43-22-30-47(31-23-43)68-53(60)41-18-26-45(27-19-41)64-34-12-8-6-10-14-36-66-51(58)4-2/h3-4,15-32,37H,1-2,5-14,33-36H2. The Balaban J connectivity index is 1.04. The van der Waals surface area contributed by atoms with Gasteiger partial charge in [-0.3, -0.25) is 0 Å². The van der Waals surface area contributed by atoms with Gasteiger partial charge in [0.05, 0.1) is 60.3 Å². The molecule has 0 aliphatic rings. The summed E-state index contributed by atoms with van der Waals surface area (Å²) < 4.78 is 43.6. The van der Waals surface area contributed by atoms with E-state index in [1.807, 2.05) is 6.07 Å². The summed E-state index contributed by atoms with van der Waals surface area (Å²) in [4.78, 5) is 74.2. The zero-order valence-electron chi connectivity index (χ0n) is 38.6. The SMILES string of the molecule is C=CC(=O)OCCCCCCCOc1ccc(C(=O)Oc2ccc(C(=O)Oc3ccc(C#N)cc3OC(=O)c3ccc(OC(=O)c4ccc(OCCCCCCCOC(=O)C=C)cc4)cc3)cc2)cc1. The second kappa shape index (κ2) is 28.6. The fourth-order valence-electron chi connectivity index (χ4n) is 6.40. The van der Waals surface area contributed by atoms with Gasteiger partial charge in [-0.15, -0.1) is 0 Å². The van der Waals surface area contributed by atoms with Gasteiger partial charge >= 0.3 is 35.8 Å². The highest BCUT2D eigenvalue weighted by Crippen LogP contribution is 2.31. The van der Waals surface area contributed by atoms with Crippen molar-refractivity contribution < 1.29 is 66.7 Å². The summed E-state index contributed by atoms with van der Waals surface area (Å²) >= 11 is 0. The fourth-order valence-corrected chi connectivity index (χ4v) is 6.40. The van der Waals surface area contributed by atoms with Gasteiger partial charge < -0.3 is 37.9 Å². The number of esters is 6. The molecule has 0 heterocycles. The molecule has 5 aromatic carbocycles. The average Bonchev–Trinajstić information content (AvgIpc) is 3.38. The highest BCUT2D eigenvalue weighted by Gasteiger charge is 2.19. The first-order valence-corrected chi connectivity index (χ1v) is 22.7. The number of nitriles is 1. The minimum absolute atomic E-state index is 0.0750. The van der Waals surface area contributed by atoms with Gasteiger partial charge in [0.1, 0.15) is 23.0 Å². The number of hydrogen-bond donors (Lipinski definition) is 0. The summed E-state index contributed by atoms with van der Waals surface area (Å²) in [6.45, 7) is 8.52. The molecule has 15 nitrogen and oxygen atoms in total. The molecule has 0 amide bonds. The van der Waals surface area contributed by atoms with Crippen molar-refractivity contribution in [3.05, 3.63) is 168 Å². The maximum Gasteiger partial charge on any atom is 0.343 e. The van der Waals surface area contributed by atoms with Gasteiger partial charge in [0.2, 0.25) is 0 Å². The van der Waals surface area contributed by atoms with Crippen LogP contribution in [0.2, 0.25) is 0 Å². The zero-order valence-corrected chi connectivity index (χ0v) is 38.6. The summed E-state index contributed by atoms with van der Waals surface area (Å²) in [5.74, 6) is -2.51. The molecule has 0 aliphatic carbocycles. The number of carbonyl (C=O) groups is 6. The van der Waals surface area contributed by atoms with Crippen LogP contribution >= 0.6 is 0 Å². The Morgan fingerprint density at radius 3 is 1.10 bits per heavy atom. The molecule has 0 N–H and O–H groups in total. The molecular weight excluding hydrogens is 899 g/mol. The highest BCUT2D eigenvalue weighted by atomic mass is 16.6. The maximum atomic E-state index is 13.2. The molecule has 0 bridgehead atoms. The molecule has 0 atom stereocenters. The van der Waals surface area contributed by atoms with Crippen molar-refractivity contribution >= 4 is 35.8 Å². The summed E-state index contributed by atoms with van der Waals surface area (Å²) in [6.07, 6.45) is 11.4. The van der Waals surface area contributed by atoms with Crippen molar-refractivity contribution in [3.63, 3.8) is 0 Å². The first kappa shape index (κ1) is 52.5. The highest BCUT2D eigenvalue weighted by molar-refractivity contribution is 5.95. The van der Waals surface area contributed by atoms with Crippen LogP contribution in [0.25, 0.3) is 0 Å². The third kappa shape index (κ3) is 17.9. The number of ether oxygens (including phenoxy) is 8. The van der Waals surface area contributed by atoms with Crippen molar-refractivity contribution in [1.29, 1.82) is 5.26 Å². The van der Waals surface area contributed by atoms with Crippen molar-refractivity contribution in [2.75, 3.05) is 26.4 Å². The molecule has 0 unspecified atom stereocenters. The van der Waals surface area contributed by atoms with Gasteiger partial charge in [0.15, 0.2) is 11.5 Å². The van der Waals surface area contributed by atoms with Crippen molar-refractivity contribution in [2.24, 2.45) is 0 Å². The molecule has 0 saturated heterocycles. The zero-order chi connectivity index (χ0) is 49.9. The number of carbonyl (C=O) groups excluding carboxylic acids is 6. The quantitative estimate of drug-likeness (QED) is 0.0198. The Morgan fingerprint density at radius 1 is 0.400 bits per heavy atom. The van der Waals surface area contributed by atoms with Crippen molar-refractivity contribution in [2.45, 2.75) is 64.2 Å².